The zero-order valence-corrected chi connectivity index (χ0v) is 26.1. The van der Waals surface area contributed by atoms with Gasteiger partial charge in [-0.1, -0.05) is 58.0 Å². The van der Waals surface area contributed by atoms with E-state index in [2.05, 4.69) is 43.3 Å². The number of hydrogen-bond donors (Lipinski definition) is 2. The number of urea groups is 1. The van der Waals surface area contributed by atoms with Gasteiger partial charge in [-0.05, 0) is 73.6 Å². The molecule has 2 aromatic carbocycles. The van der Waals surface area contributed by atoms with E-state index in [4.69, 9.17) is 9.47 Å². The van der Waals surface area contributed by atoms with Crippen molar-refractivity contribution in [2.45, 2.75) is 72.4 Å². The molecular weight excluding hydrogens is 544 g/mol. The summed E-state index contributed by atoms with van der Waals surface area (Å²) in [7, 11) is 1.56. The second kappa shape index (κ2) is 12.7. The van der Waals surface area contributed by atoms with Crippen LogP contribution in [-0.4, -0.2) is 34.3 Å². The minimum Gasteiger partial charge on any atom is -0.497 e. The number of esters is 1. The lowest BCUT2D eigenvalue weighted by Gasteiger charge is -2.22. The molecule has 0 saturated heterocycles. The number of nitrogens with zero attached hydrogens (tertiary/aromatic N) is 2. The van der Waals surface area contributed by atoms with E-state index >= 15 is 0 Å². The van der Waals surface area contributed by atoms with Gasteiger partial charge in [-0.15, -0.1) is 0 Å². The number of nitrogens with one attached hydrogen (secondary N) is 2. The zero-order chi connectivity index (χ0) is 31.5. The summed E-state index contributed by atoms with van der Waals surface area (Å²) in [6.07, 6.45) is 1.55. The Kier molecular flexibility index (Phi) is 9.23. The number of aromatic nitrogens is 2. The minimum atomic E-state index is -0.747. The summed E-state index contributed by atoms with van der Waals surface area (Å²) in [6.45, 7) is 13.1. The van der Waals surface area contributed by atoms with Crippen LogP contribution in [0.25, 0.3) is 22.2 Å². The predicted molar refractivity (Wildman–Crippen MR) is 171 cm³/mol. The monoisotopic (exact) mass is 584 g/mol. The van der Waals surface area contributed by atoms with Gasteiger partial charge in [0.2, 0.25) is 0 Å². The fourth-order valence-electron chi connectivity index (χ4n) is 5.08. The van der Waals surface area contributed by atoms with Crippen molar-refractivity contribution in [3.8, 4) is 16.9 Å². The summed E-state index contributed by atoms with van der Waals surface area (Å²) in [5, 5.41) is 6.44. The van der Waals surface area contributed by atoms with E-state index < -0.39 is 23.2 Å². The molecule has 0 fully saturated rings. The number of rotatable bonds is 8. The summed E-state index contributed by atoms with van der Waals surface area (Å²) < 4.78 is 12.2. The van der Waals surface area contributed by atoms with Gasteiger partial charge in [0.1, 0.15) is 29.2 Å². The van der Waals surface area contributed by atoms with E-state index in [-0.39, 0.29) is 29.7 Å². The highest BCUT2D eigenvalue weighted by Crippen LogP contribution is 2.36. The first-order chi connectivity index (χ1) is 20.3. The predicted octanol–water partition coefficient (Wildman–Crippen LogP) is 7.30. The van der Waals surface area contributed by atoms with Crippen LogP contribution in [0.3, 0.4) is 0 Å². The van der Waals surface area contributed by atoms with Crippen molar-refractivity contribution in [1.82, 2.24) is 9.55 Å². The first-order valence-electron chi connectivity index (χ1n) is 14.4. The Morgan fingerprint density at radius 3 is 2.14 bits per heavy atom. The lowest BCUT2D eigenvalue weighted by molar-refractivity contribution is -0.155. The number of para-hydroxylation sites is 1. The van der Waals surface area contributed by atoms with Gasteiger partial charge in [-0.3, -0.25) is 14.2 Å². The number of carbonyl (C=O) groups is 2. The van der Waals surface area contributed by atoms with Crippen LogP contribution in [0.1, 0.15) is 71.4 Å². The van der Waals surface area contributed by atoms with Crippen molar-refractivity contribution >= 4 is 34.4 Å². The van der Waals surface area contributed by atoms with Crippen molar-refractivity contribution in [2.24, 2.45) is 0 Å². The molecule has 9 heteroatoms. The lowest BCUT2D eigenvalue weighted by atomic mass is 9.93. The first kappa shape index (κ1) is 31.3. The number of methoxy groups -OCH3 is 1. The lowest BCUT2D eigenvalue weighted by Crippen LogP contribution is -2.34. The molecule has 0 spiro atoms. The Morgan fingerprint density at radius 1 is 0.907 bits per heavy atom. The number of fused-ring (bicyclic) bond motifs is 1. The molecule has 0 saturated carbocycles. The van der Waals surface area contributed by atoms with Gasteiger partial charge >= 0.3 is 12.0 Å². The Bertz CT molecular complexity index is 1690. The van der Waals surface area contributed by atoms with E-state index in [9.17, 15) is 14.4 Å². The summed E-state index contributed by atoms with van der Waals surface area (Å²) in [5.41, 5.74) is 2.74. The summed E-state index contributed by atoms with van der Waals surface area (Å²) in [6, 6.07) is 16.1. The molecule has 0 bridgehead atoms. The third kappa shape index (κ3) is 7.05. The van der Waals surface area contributed by atoms with E-state index in [1.807, 2.05) is 24.3 Å². The molecule has 226 valence electrons. The van der Waals surface area contributed by atoms with Crippen LogP contribution in [-0.2, 0) is 16.1 Å². The molecule has 2 N–H and O–H groups in total. The maximum Gasteiger partial charge on any atom is 0.326 e. The quantitative estimate of drug-likeness (QED) is 0.210. The molecule has 4 rings (SSSR count). The van der Waals surface area contributed by atoms with Crippen LogP contribution in [0.5, 0.6) is 5.75 Å². The Morgan fingerprint density at radius 2 is 1.53 bits per heavy atom. The molecule has 43 heavy (non-hydrogen) atoms. The van der Waals surface area contributed by atoms with Crippen molar-refractivity contribution in [3.63, 3.8) is 0 Å². The highest BCUT2D eigenvalue weighted by Gasteiger charge is 2.25. The normalized spacial score (nSPS) is 11.6. The molecule has 2 heterocycles. The molecule has 9 nitrogen and oxygen atoms in total. The van der Waals surface area contributed by atoms with Crippen LogP contribution in [0.15, 0.2) is 65.6 Å². The standard InChI is InChI=1S/C34H40N4O5/c1-20(2)24-14-10-15-25(21(3)4)29(24)36-33(41)37-30-28(22-12-9-13-23(18-22)42-8)26-16-11-17-35-31(26)38(32(30)40)19-27(39)43-34(5,6)7/h9-18,20-21H,19H2,1-8H3,(H2,36,37,41). The number of anilines is 2. The van der Waals surface area contributed by atoms with E-state index in [1.54, 1.807) is 64.4 Å². The van der Waals surface area contributed by atoms with Crippen LogP contribution >= 0.6 is 0 Å². The van der Waals surface area contributed by atoms with E-state index in [1.165, 1.54) is 4.57 Å². The topological polar surface area (TPSA) is 112 Å². The van der Waals surface area contributed by atoms with Crippen molar-refractivity contribution in [2.75, 3.05) is 17.7 Å². The summed E-state index contributed by atoms with van der Waals surface area (Å²) in [5.74, 6) is 0.284. The molecule has 2 aromatic heterocycles. The SMILES string of the molecule is COc1cccc(-c2c(NC(=O)Nc3c(C(C)C)cccc3C(C)C)c(=O)n(CC(=O)OC(C)(C)C)c3ncccc23)c1. The maximum atomic E-state index is 14.2. The average Bonchev–Trinajstić information content (AvgIpc) is 2.94. The van der Waals surface area contributed by atoms with Crippen molar-refractivity contribution in [1.29, 1.82) is 0 Å². The molecule has 0 atom stereocenters. The number of benzene rings is 2. The Labute approximate surface area is 252 Å². The fourth-order valence-corrected chi connectivity index (χ4v) is 5.08. The third-order valence-electron chi connectivity index (χ3n) is 6.94. The summed E-state index contributed by atoms with van der Waals surface area (Å²) in [4.78, 5) is 45.3. The van der Waals surface area contributed by atoms with Crippen LogP contribution in [0.2, 0.25) is 0 Å². The molecule has 0 aliphatic heterocycles. The van der Waals surface area contributed by atoms with Crippen LogP contribution in [0.4, 0.5) is 16.2 Å². The van der Waals surface area contributed by atoms with Crippen LogP contribution < -0.4 is 20.9 Å². The number of ether oxygens (including phenoxy) is 2. The maximum absolute atomic E-state index is 14.2. The molecule has 0 aliphatic rings. The fraction of sp³-hybridized carbons (Fsp3) is 0.353. The van der Waals surface area contributed by atoms with E-state index in [0.717, 1.165) is 11.1 Å². The summed E-state index contributed by atoms with van der Waals surface area (Å²) >= 11 is 0. The van der Waals surface area contributed by atoms with Crippen molar-refractivity contribution < 1.29 is 19.1 Å². The molecule has 0 aliphatic carbocycles. The van der Waals surface area contributed by atoms with Crippen molar-refractivity contribution in [3.05, 3.63) is 82.3 Å². The Balaban J connectivity index is 1.91. The first-order valence-corrected chi connectivity index (χ1v) is 14.4. The highest BCUT2D eigenvalue weighted by atomic mass is 16.6. The number of carbonyl (C=O) groups excluding carboxylic acids is 2. The second-order valence-electron chi connectivity index (χ2n) is 12.0. The van der Waals surface area contributed by atoms with Crippen LogP contribution in [0, 0.1) is 0 Å². The minimum absolute atomic E-state index is 0.00272. The number of pyridine rings is 2. The average molecular weight is 585 g/mol. The van der Waals surface area contributed by atoms with Gasteiger partial charge in [-0.2, -0.15) is 0 Å². The van der Waals surface area contributed by atoms with Gasteiger partial charge in [-0.25, -0.2) is 9.78 Å². The molecule has 0 unspecified atom stereocenters. The van der Waals surface area contributed by atoms with Gasteiger partial charge in [0, 0.05) is 22.8 Å². The third-order valence-corrected chi connectivity index (χ3v) is 6.94. The molecule has 4 aromatic rings. The smallest absolute Gasteiger partial charge is 0.326 e. The zero-order valence-electron chi connectivity index (χ0n) is 26.1. The molecular formula is C34H40N4O5. The van der Waals surface area contributed by atoms with E-state index in [0.29, 0.717) is 28.0 Å². The Hall–Kier alpha value is -4.66. The second-order valence-corrected chi connectivity index (χ2v) is 12.0. The van der Waals surface area contributed by atoms with Gasteiger partial charge in [0.25, 0.3) is 5.56 Å². The number of hydrogen-bond acceptors (Lipinski definition) is 6. The molecule has 0 radical (unpaired) electrons. The number of amides is 2. The molecule has 2 amide bonds. The highest BCUT2D eigenvalue weighted by molar-refractivity contribution is 6.08. The van der Waals surface area contributed by atoms with Gasteiger partial charge in [0.15, 0.2) is 0 Å². The van der Waals surface area contributed by atoms with Gasteiger partial charge in [0.05, 0.1) is 7.11 Å². The van der Waals surface area contributed by atoms with Gasteiger partial charge < -0.3 is 20.1 Å². The largest absolute Gasteiger partial charge is 0.497 e.